The van der Waals surface area contributed by atoms with Gasteiger partial charge in [-0.25, -0.2) is 0 Å². The Morgan fingerprint density at radius 2 is 2.03 bits per heavy atom. The quantitative estimate of drug-likeness (QED) is 0.499. The first-order valence-electron chi connectivity index (χ1n) is 10.1. The van der Waals surface area contributed by atoms with Crippen molar-refractivity contribution in [2.24, 2.45) is 0 Å². The van der Waals surface area contributed by atoms with Crippen molar-refractivity contribution in [1.82, 2.24) is 10.6 Å². The zero-order valence-electron chi connectivity index (χ0n) is 16.8. The first kappa shape index (κ1) is 20.9. The first-order chi connectivity index (χ1) is 14.1. The number of furan rings is 1. The molecule has 1 aromatic carbocycles. The number of hydrogen-bond donors (Lipinski definition) is 2. The molecule has 2 amide bonds. The number of rotatable bonds is 9. The van der Waals surface area contributed by atoms with Crippen molar-refractivity contribution >= 4 is 17.9 Å². The van der Waals surface area contributed by atoms with Crippen molar-refractivity contribution in [3.8, 4) is 0 Å². The Labute approximate surface area is 171 Å². The Morgan fingerprint density at radius 1 is 1.21 bits per heavy atom. The summed E-state index contributed by atoms with van der Waals surface area (Å²) in [6.07, 6.45) is 8.88. The van der Waals surface area contributed by atoms with Crippen LogP contribution in [0.1, 0.15) is 53.8 Å². The molecule has 1 fully saturated rings. The van der Waals surface area contributed by atoms with Gasteiger partial charge < -0.3 is 19.8 Å². The van der Waals surface area contributed by atoms with E-state index in [1.54, 1.807) is 24.3 Å². The van der Waals surface area contributed by atoms with Gasteiger partial charge in [0.15, 0.2) is 0 Å². The molecule has 0 atom stereocenters. The van der Waals surface area contributed by atoms with Gasteiger partial charge in [-0.15, -0.1) is 0 Å². The third-order valence-corrected chi connectivity index (χ3v) is 4.87. The van der Waals surface area contributed by atoms with Crippen LogP contribution < -0.4 is 10.6 Å². The fraction of sp³-hybridized carbons (Fsp3) is 0.391. The van der Waals surface area contributed by atoms with Crippen LogP contribution in [0.5, 0.6) is 0 Å². The Balaban J connectivity index is 1.56. The van der Waals surface area contributed by atoms with E-state index < -0.39 is 0 Å². The molecule has 0 saturated heterocycles. The van der Waals surface area contributed by atoms with E-state index in [-0.39, 0.29) is 17.5 Å². The number of benzene rings is 1. The van der Waals surface area contributed by atoms with Crippen molar-refractivity contribution in [3.05, 3.63) is 65.2 Å². The van der Waals surface area contributed by atoms with Crippen LogP contribution in [-0.2, 0) is 9.53 Å². The number of aryl methyl sites for hydroxylation is 1. The number of ether oxygens (including phenoxy) is 1. The molecule has 1 saturated carbocycles. The molecule has 6 nitrogen and oxygen atoms in total. The number of carbonyl (C=O) groups is 2. The van der Waals surface area contributed by atoms with E-state index in [4.69, 9.17) is 9.15 Å². The molecule has 154 valence electrons. The van der Waals surface area contributed by atoms with Crippen molar-refractivity contribution in [2.75, 3.05) is 13.2 Å². The van der Waals surface area contributed by atoms with Crippen molar-refractivity contribution in [3.63, 3.8) is 0 Å². The minimum Gasteiger partial charge on any atom is -0.465 e. The SMILES string of the molecule is Cc1cccc(C(=O)N/C(=C\c2ccco2)C(=O)NCCCOC2CCCC2)c1. The highest BCUT2D eigenvalue weighted by atomic mass is 16.5. The van der Waals surface area contributed by atoms with Crippen LogP contribution in [0.15, 0.2) is 52.8 Å². The molecule has 1 heterocycles. The number of amides is 2. The van der Waals surface area contributed by atoms with Crippen LogP contribution >= 0.6 is 0 Å². The van der Waals surface area contributed by atoms with E-state index in [1.807, 2.05) is 19.1 Å². The second-order valence-electron chi connectivity index (χ2n) is 7.28. The highest BCUT2D eigenvalue weighted by Gasteiger charge is 2.16. The van der Waals surface area contributed by atoms with E-state index in [0.29, 0.717) is 30.6 Å². The first-order valence-corrected chi connectivity index (χ1v) is 10.1. The maximum atomic E-state index is 12.6. The van der Waals surface area contributed by atoms with Gasteiger partial charge in [-0.3, -0.25) is 9.59 Å². The summed E-state index contributed by atoms with van der Waals surface area (Å²) in [6, 6.07) is 10.7. The Kier molecular flexibility index (Phi) is 7.64. The van der Waals surface area contributed by atoms with Gasteiger partial charge in [0, 0.05) is 24.8 Å². The van der Waals surface area contributed by atoms with Gasteiger partial charge in [0.1, 0.15) is 11.5 Å². The summed E-state index contributed by atoms with van der Waals surface area (Å²) in [6.45, 7) is 3.01. The smallest absolute Gasteiger partial charge is 0.267 e. The number of hydrogen-bond acceptors (Lipinski definition) is 4. The third-order valence-electron chi connectivity index (χ3n) is 4.87. The monoisotopic (exact) mass is 396 g/mol. The summed E-state index contributed by atoms with van der Waals surface area (Å²) >= 11 is 0. The molecule has 1 aliphatic rings. The second-order valence-corrected chi connectivity index (χ2v) is 7.28. The van der Waals surface area contributed by atoms with Crippen LogP contribution in [0.25, 0.3) is 6.08 Å². The molecule has 1 aromatic heterocycles. The lowest BCUT2D eigenvalue weighted by Gasteiger charge is -2.13. The fourth-order valence-corrected chi connectivity index (χ4v) is 3.33. The van der Waals surface area contributed by atoms with Gasteiger partial charge in [0.25, 0.3) is 11.8 Å². The summed E-state index contributed by atoms with van der Waals surface area (Å²) in [7, 11) is 0. The van der Waals surface area contributed by atoms with Gasteiger partial charge >= 0.3 is 0 Å². The van der Waals surface area contributed by atoms with Crippen molar-refractivity contribution in [2.45, 2.75) is 45.1 Å². The van der Waals surface area contributed by atoms with E-state index in [2.05, 4.69) is 10.6 Å². The molecular formula is C23H28N2O4. The molecule has 0 unspecified atom stereocenters. The number of carbonyl (C=O) groups excluding carboxylic acids is 2. The molecule has 0 bridgehead atoms. The van der Waals surface area contributed by atoms with Crippen LogP contribution in [0.2, 0.25) is 0 Å². The number of nitrogens with one attached hydrogen (secondary N) is 2. The van der Waals surface area contributed by atoms with Gasteiger partial charge in [-0.2, -0.15) is 0 Å². The maximum Gasteiger partial charge on any atom is 0.267 e. The molecule has 29 heavy (non-hydrogen) atoms. The molecule has 1 aliphatic carbocycles. The lowest BCUT2D eigenvalue weighted by Crippen LogP contribution is -2.35. The normalized spacial score (nSPS) is 14.7. The molecule has 0 radical (unpaired) electrons. The molecule has 6 heteroatoms. The maximum absolute atomic E-state index is 12.6. The molecule has 0 spiro atoms. The average molecular weight is 396 g/mol. The average Bonchev–Trinajstić information content (AvgIpc) is 3.41. The van der Waals surface area contributed by atoms with Crippen LogP contribution in [0, 0.1) is 6.92 Å². The van der Waals surface area contributed by atoms with Gasteiger partial charge in [-0.05, 0) is 50.5 Å². The summed E-state index contributed by atoms with van der Waals surface area (Å²) in [5.41, 5.74) is 1.61. The van der Waals surface area contributed by atoms with Crippen molar-refractivity contribution < 1.29 is 18.7 Å². The highest BCUT2D eigenvalue weighted by Crippen LogP contribution is 2.20. The molecular weight excluding hydrogens is 368 g/mol. The summed E-state index contributed by atoms with van der Waals surface area (Å²) in [5, 5.41) is 5.55. The third kappa shape index (κ3) is 6.61. The summed E-state index contributed by atoms with van der Waals surface area (Å²) in [4.78, 5) is 25.2. The van der Waals surface area contributed by atoms with Gasteiger partial charge in [0.2, 0.25) is 0 Å². The van der Waals surface area contributed by atoms with E-state index in [1.165, 1.54) is 25.2 Å². The predicted molar refractivity (Wildman–Crippen MR) is 111 cm³/mol. The van der Waals surface area contributed by atoms with Gasteiger partial charge in [-0.1, -0.05) is 30.5 Å². The molecule has 3 rings (SSSR count). The lowest BCUT2D eigenvalue weighted by atomic mass is 10.1. The highest BCUT2D eigenvalue weighted by molar-refractivity contribution is 6.05. The zero-order valence-corrected chi connectivity index (χ0v) is 16.8. The minimum absolute atomic E-state index is 0.142. The minimum atomic E-state index is -0.358. The van der Waals surface area contributed by atoms with E-state index in [0.717, 1.165) is 24.8 Å². The van der Waals surface area contributed by atoms with Crippen molar-refractivity contribution in [1.29, 1.82) is 0 Å². The molecule has 2 aromatic rings. The molecule has 0 aliphatic heterocycles. The Hall–Kier alpha value is -2.86. The Morgan fingerprint density at radius 3 is 2.76 bits per heavy atom. The van der Waals surface area contributed by atoms with E-state index in [9.17, 15) is 9.59 Å². The fourth-order valence-electron chi connectivity index (χ4n) is 3.33. The second kappa shape index (κ2) is 10.6. The topological polar surface area (TPSA) is 80.6 Å². The largest absolute Gasteiger partial charge is 0.465 e. The van der Waals surface area contributed by atoms with E-state index >= 15 is 0 Å². The van der Waals surface area contributed by atoms with Gasteiger partial charge in [0.05, 0.1) is 12.4 Å². The van der Waals surface area contributed by atoms with Crippen LogP contribution in [0.4, 0.5) is 0 Å². The lowest BCUT2D eigenvalue weighted by molar-refractivity contribution is -0.117. The predicted octanol–water partition coefficient (Wildman–Crippen LogP) is 3.82. The standard InChI is InChI=1S/C23H28N2O4/c1-17-7-4-8-18(15-17)22(26)25-21(16-20-11-5-13-29-20)23(27)24-12-6-14-28-19-9-2-3-10-19/h4-5,7-8,11,13,15-16,19H,2-3,6,9-10,12,14H2,1H3,(H,24,27)(H,25,26)/b21-16-. The van der Waals surface area contributed by atoms with Crippen LogP contribution in [-0.4, -0.2) is 31.1 Å². The van der Waals surface area contributed by atoms with Crippen LogP contribution in [0.3, 0.4) is 0 Å². The Bertz CT molecular complexity index is 836. The summed E-state index contributed by atoms with van der Waals surface area (Å²) < 4.78 is 11.1. The summed E-state index contributed by atoms with van der Waals surface area (Å²) in [5.74, 6) is -0.209. The molecule has 2 N–H and O–H groups in total. The zero-order chi connectivity index (χ0) is 20.5.